The van der Waals surface area contributed by atoms with Crippen molar-refractivity contribution < 1.29 is 4.74 Å². The van der Waals surface area contributed by atoms with E-state index in [-0.39, 0.29) is 6.10 Å². The molecule has 2 rings (SSSR count). The van der Waals surface area contributed by atoms with Crippen LogP contribution < -0.4 is 11.1 Å². The molecule has 0 bridgehead atoms. The predicted molar refractivity (Wildman–Crippen MR) is 71.6 cm³/mol. The molecule has 96 valence electrons. The van der Waals surface area contributed by atoms with Crippen molar-refractivity contribution >= 4 is 22.4 Å². The van der Waals surface area contributed by atoms with Gasteiger partial charge in [0.25, 0.3) is 0 Å². The maximum atomic E-state index is 5.73. The van der Waals surface area contributed by atoms with E-state index in [9.17, 15) is 0 Å². The molecule has 5 nitrogen and oxygen atoms in total. The molecule has 1 unspecified atom stereocenters. The number of nitrogens with zero attached hydrogens (tertiary/aromatic N) is 2. The van der Waals surface area contributed by atoms with Crippen molar-refractivity contribution in [1.29, 1.82) is 0 Å². The quantitative estimate of drug-likeness (QED) is 0.846. The van der Waals surface area contributed by atoms with E-state index < -0.39 is 0 Å². The molecular formula is C11H20N4OS. The molecule has 3 N–H and O–H groups in total. The van der Waals surface area contributed by atoms with Crippen LogP contribution in [0.5, 0.6) is 0 Å². The second-order valence-electron chi connectivity index (χ2n) is 4.29. The number of likely N-dealkylation sites (N-methyl/N-ethyl adjacent to an activating group) is 1. The molecule has 1 aliphatic heterocycles. The first-order valence-electron chi connectivity index (χ1n) is 6.00. The third kappa shape index (κ3) is 3.08. The SMILES string of the molecule is CCN1CCOC(CNc2snc(N)c2C)C1. The number of morpholine rings is 1. The fourth-order valence-electron chi connectivity index (χ4n) is 1.91. The smallest absolute Gasteiger partial charge is 0.142 e. The van der Waals surface area contributed by atoms with E-state index >= 15 is 0 Å². The van der Waals surface area contributed by atoms with E-state index in [0.29, 0.717) is 5.82 Å². The van der Waals surface area contributed by atoms with Gasteiger partial charge in [0.1, 0.15) is 10.8 Å². The Morgan fingerprint density at radius 2 is 2.47 bits per heavy atom. The molecule has 1 saturated heterocycles. The number of ether oxygens (including phenoxy) is 1. The zero-order valence-corrected chi connectivity index (χ0v) is 11.2. The molecular weight excluding hydrogens is 236 g/mol. The summed E-state index contributed by atoms with van der Waals surface area (Å²) >= 11 is 1.42. The second kappa shape index (κ2) is 5.66. The monoisotopic (exact) mass is 256 g/mol. The van der Waals surface area contributed by atoms with E-state index in [1.165, 1.54) is 11.5 Å². The number of anilines is 2. The number of rotatable bonds is 4. The minimum Gasteiger partial charge on any atom is -0.383 e. The third-order valence-electron chi connectivity index (χ3n) is 3.12. The Kier molecular flexibility index (Phi) is 4.20. The van der Waals surface area contributed by atoms with Crippen LogP contribution in [0.15, 0.2) is 0 Å². The molecule has 0 amide bonds. The lowest BCUT2D eigenvalue weighted by atomic mass is 10.2. The molecule has 0 radical (unpaired) electrons. The Labute approximate surface area is 106 Å². The zero-order valence-electron chi connectivity index (χ0n) is 10.4. The van der Waals surface area contributed by atoms with Gasteiger partial charge >= 0.3 is 0 Å². The predicted octanol–water partition coefficient (Wildman–Crippen LogP) is 1.17. The first-order chi connectivity index (χ1) is 8.20. The van der Waals surface area contributed by atoms with Crippen molar-refractivity contribution in [2.75, 3.05) is 43.8 Å². The van der Waals surface area contributed by atoms with Crippen LogP contribution in [0.3, 0.4) is 0 Å². The Bertz CT molecular complexity index is 368. The van der Waals surface area contributed by atoms with Gasteiger partial charge in [0.2, 0.25) is 0 Å². The summed E-state index contributed by atoms with van der Waals surface area (Å²) in [4.78, 5) is 2.41. The van der Waals surface area contributed by atoms with Gasteiger partial charge in [0.15, 0.2) is 0 Å². The summed E-state index contributed by atoms with van der Waals surface area (Å²) in [5.74, 6) is 0.622. The first-order valence-corrected chi connectivity index (χ1v) is 6.77. The van der Waals surface area contributed by atoms with Crippen molar-refractivity contribution in [1.82, 2.24) is 9.27 Å². The lowest BCUT2D eigenvalue weighted by molar-refractivity contribution is -0.0191. The fraction of sp³-hybridized carbons (Fsp3) is 0.727. The van der Waals surface area contributed by atoms with Gasteiger partial charge in [0, 0.05) is 25.2 Å². The van der Waals surface area contributed by atoms with Crippen LogP contribution in [0.25, 0.3) is 0 Å². The second-order valence-corrected chi connectivity index (χ2v) is 5.06. The Morgan fingerprint density at radius 3 is 3.12 bits per heavy atom. The molecule has 2 heterocycles. The molecule has 0 spiro atoms. The summed E-state index contributed by atoms with van der Waals surface area (Å²) in [6.45, 7) is 8.94. The molecule has 1 aliphatic rings. The fourth-order valence-corrected chi connectivity index (χ4v) is 2.63. The normalized spacial score (nSPS) is 21.6. The molecule has 0 saturated carbocycles. The van der Waals surface area contributed by atoms with Crippen molar-refractivity contribution in [2.24, 2.45) is 0 Å². The molecule has 6 heteroatoms. The highest BCUT2D eigenvalue weighted by Gasteiger charge is 2.19. The van der Waals surface area contributed by atoms with E-state index in [4.69, 9.17) is 10.5 Å². The summed E-state index contributed by atoms with van der Waals surface area (Å²) in [6, 6.07) is 0. The highest BCUT2D eigenvalue weighted by molar-refractivity contribution is 7.10. The maximum absolute atomic E-state index is 5.73. The highest BCUT2D eigenvalue weighted by atomic mass is 32.1. The molecule has 1 atom stereocenters. The first kappa shape index (κ1) is 12.6. The van der Waals surface area contributed by atoms with Crippen molar-refractivity contribution in [3.63, 3.8) is 0 Å². The Morgan fingerprint density at radius 1 is 1.65 bits per heavy atom. The van der Waals surface area contributed by atoms with Gasteiger partial charge < -0.3 is 15.8 Å². The van der Waals surface area contributed by atoms with Gasteiger partial charge in [-0.05, 0) is 25.0 Å². The molecule has 0 aliphatic carbocycles. The third-order valence-corrected chi connectivity index (χ3v) is 4.04. The average Bonchev–Trinajstić information content (AvgIpc) is 2.68. The molecule has 1 aromatic rings. The van der Waals surface area contributed by atoms with Crippen LogP contribution >= 0.6 is 11.5 Å². The minimum atomic E-state index is 0.256. The molecule has 1 aromatic heterocycles. The lowest BCUT2D eigenvalue weighted by Crippen LogP contribution is -2.45. The van der Waals surface area contributed by atoms with E-state index in [2.05, 4.69) is 21.5 Å². The summed E-state index contributed by atoms with van der Waals surface area (Å²) in [5, 5.41) is 4.43. The van der Waals surface area contributed by atoms with E-state index in [1.54, 1.807) is 0 Å². The number of hydrogen-bond donors (Lipinski definition) is 2. The van der Waals surface area contributed by atoms with Gasteiger partial charge in [-0.3, -0.25) is 4.90 Å². The van der Waals surface area contributed by atoms with Gasteiger partial charge in [-0.15, -0.1) is 0 Å². The summed E-state index contributed by atoms with van der Waals surface area (Å²) < 4.78 is 9.84. The van der Waals surface area contributed by atoms with Gasteiger partial charge in [-0.1, -0.05) is 6.92 Å². The summed E-state index contributed by atoms with van der Waals surface area (Å²) in [7, 11) is 0. The van der Waals surface area contributed by atoms with E-state index in [0.717, 1.165) is 43.4 Å². The number of nitrogen functional groups attached to an aromatic ring is 1. The van der Waals surface area contributed by atoms with Crippen LogP contribution in [-0.2, 0) is 4.74 Å². The largest absolute Gasteiger partial charge is 0.383 e. The maximum Gasteiger partial charge on any atom is 0.142 e. The number of hydrogen-bond acceptors (Lipinski definition) is 6. The zero-order chi connectivity index (χ0) is 12.3. The van der Waals surface area contributed by atoms with Gasteiger partial charge in [0.05, 0.1) is 12.7 Å². The molecule has 1 fully saturated rings. The van der Waals surface area contributed by atoms with Crippen LogP contribution in [0.1, 0.15) is 12.5 Å². The van der Waals surface area contributed by atoms with Crippen LogP contribution in [0.4, 0.5) is 10.8 Å². The Balaban J connectivity index is 1.83. The van der Waals surface area contributed by atoms with Crippen LogP contribution in [0, 0.1) is 6.92 Å². The minimum absolute atomic E-state index is 0.256. The molecule has 17 heavy (non-hydrogen) atoms. The Hall–Kier alpha value is -0.850. The lowest BCUT2D eigenvalue weighted by Gasteiger charge is -2.32. The number of nitrogens with one attached hydrogen (secondary N) is 1. The summed E-state index contributed by atoms with van der Waals surface area (Å²) in [6.07, 6.45) is 0.256. The summed E-state index contributed by atoms with van der Waals surface area (Å²) in [5.41, 5.74) is 6.75. The number of aromatic nitrogens is 1. The van der Waals surface area contributed by atoms with Gasteiger partial charge in [-0.2, -0.15) is 4.37 Å². The van der Waals surface area contributed by atoms with E-state index in [1.807, 2.05) is 6.92 Å². The standard InChI is InChI=1S/C11H20N4OS/c1-3-15-4-5-16-9(7-15)6-13-11-8(2)10(12)14-17-11/h9,13H,3-7H2,1-2H3,(H2,12,14). The van der Waals surface area contributed by atoms with Gasteiger partial charge in [-0.25, -0.2) is 0 Å². The van der Waals surface area contributed by atoms with Crippen molar-refractivity contribution in [3.8, 4) is 0 Å². The van der Waals surface area contributed by atoms with Crippen molar-refractivity contribution in [2.45, 2.75) is 20.0 Å². The topological polar surface area (TPSA) is 63.4 Å². The highest BCUT2D eigenvalue weighted by Crippen LogP contribution is 2.25. The van der Waals surface area contributed by atoms with Crippen LogP contribution in [-0.4, -0.2) is 48.2 Å². The van der Waals surface area contributed by atoms with Crippen molar-refractivity contribution in [3.05, 3.63) is 5.56 Å². The molecule has 0 aromatic carbocycles. The van der Waals surface area contributed by atoms with Crippen LogP contribution in [0.2, 0.25) is 0 Å². The average molecular weight is 256 g/mol. The number of nitrogens with two attached hydrogens (primary N) is 1.